The number of rotatable bonds is 2. The summed E-state index contributed by atoms with van der Waals surface area (Å²) in [5, 5.41) is 4.28. The molecule has 0 saturated carbocycles. The van der Waals surface area contributed by atoms with Crippen molar-refractivity contribution < 1.29 is 0 Å². The first-order chi connectivity index (χ1) is 8.08. The Bertz CT molecular complexity index is 555. The third-order valence-electron chi connectivity index (χ3n) is 2.34. The predicted octanol–water partition coefficient (Wildman–Crippen LogP) is 4.02. The van der Waals surface area contributed by atoms with Gasteiger partial charge in [0.25, 0.3) is 0 Å². The number of hydrogen-bond donors (Lipinski definition) is 2. The predicted molar refractivity (Wildman–Crippen MR) is 73.1 cm³/mol. The number of benzene rings is 1. The maximum absolute atomic E-state index is 6.11. The third kappa shape index (κ3) is 2.62. The highest BCUT2D eigenvalue weighted by Crippen LogP contribution is 2.31. The fraction of sp³-hybridized carbons (Fsp3) is 0.0833. The molecule has 88 valence electrons. The van der Waals surface area contributed by atoms with Crippen molar-refractivity contribution in [2.75, 3.05) is 11.1 Å². The summed E-state index contributed by atoms with van der Waals surface area (Å²) in [4.78, 5) is 4.13. The Morgan fingerprint density at radius 3 is 2.71 bits per heavy atom. The van der Waals surface area contributed by atoms with Crippen molar-refractivity contribution in [3.8, 4) is 0 Å². The zero-order valence-electron chi connectivity index (χ0n) is 9.17. The Morgan fingerprint density at radius 1 is 1.24 bits per heavy atom. The van der Waals surface area contributed by atoms with Crippen LogP contribution < -0.4 is 11.1 Å². The van der Waals surface area contributed by atoms with Gasteiger partial charge in [0.2, 0.25) is 0 Å². The largest absolute Gasteiger partial charge is 0.396 e. The maximum atomic E-state index is 6.11. The highest BCUT2D eigenvalue weighted by Gasteiger charge is 2.07. The number of halogens is 2. The first-order valence-electron chi connectivity index (χ1n) is 5.01. The summed E-state index contributed by atoms with van der Waals surface area (Å²) in [5.41, 5.74) is 7.96. The van der Waals surface area contributed by atoms with Crippen LogP contribution in [-0.4, -0.2) is 4.98 Å². The van der Waals surface area contributed by atoms with Crippen molar-refractivity contribution in [3.63, 3.8) is 0 Å². The van der Waals surface area contributed by atoms with E-state index in [1.54, 1.807) is 30.5 Å². The standard InChI is InChI=1S/C12H11Cl2N3/c1-7-5-9(14)11(6-8(7)13)17-12-10(15)3-2-4-16-12/h2-6H,15H2,1H3,(H,16,17). The molecule has 1 aromatic heterocycles. The Morgan fingerprint density at radius 2 is 2.00 bits per heavy atom. The van der Waals surface area contributed by atoms with Crippen LogP contribution in [0.1, 0.15) is 5.56 Å². The quantitative estimate of drug-likeness (QED) is 0.864. The van der Waals surface area contributed by atoms with Gasteiger partial charge < -0.3 is 11.1 Å². The first kappa shape index (κ1) is 12.0. The molecular weight excluding hydrogens is 257 g/mol. The maximum Gasteiger partial charge on any atom is 0.153 e. The molecule has 17 heavy (non-hydrogen) atoms. The van der Waals surface area contributed by atoms with Gasteiger partial charge >= 0.3 is 0 Å². The normalized spacial score (nSPS) is 10.3. The number of nitrogens with one attached hydrogen (secondary N) is 1. The van der Waals surface area contributed by atoms with Crippen molar-refractivity contribution in [2.45, 2.75) is 6.92 Å². The van der Waals surface area contributed by atoms with Crippen molar-refractivity contribution >= 4 is 40.4 Å². The molecule has 1 heterocycles. The molecule has 0 bridgehead atoms. The molecule has 0 aliphatic rings. The minimum atomic E-state index is 0.556. The molecule has 0 spiro atoms. The molecule has 2 rings (SSSR count). The Balaban J connectivity index is 2.37. The molecule has 2 aromatic rings. The van der Waals surface area contributed by atoms with Crippen LogP contribution in [0, 0.1) is 6.92 Å². The van der Waals surface area contributed by atoms with Crippen LogP contribution in [0.2, 0.25) is 10.0 Å². The number of aromatic nitrogens is 1. The number of nitrogen functional groups attached to an aromatic ring is 1. The molecule has 5 heteroatoms. The molecule has 0 saturated heterocycles. The molecule has 0 radical (unpaired) electrons. The van der Waals surface area contributed by atoms with Gasteiger partial charge in [0, 0.05) is 11.2 Å². The van der Waals surface area contributed by atoms with Gasteiger partial charge in [-0.2, -0.15) is 0 Å². The summed E-state index contributed by atoms with van der Waals surface area (Å²) in [6, 6.07) is 7.09. The molecule has 3 N–H and O–H groups in total. The summed E-state index contributed by atoms with van der Waals surface area (Å²) in [6.45, 7) is 1.90. The summed E-state index contributed by atoms with van der Waals surface area (Å²) in [6.07, 6.45) is 1.66. The van der Waals surface area contributed by atoms with E-state index in [2.05, 4.69) is 10.3 Å². The van der Waals surface area contributed by atoms with E-state index in [4.69, 9.17) is 28.9 Å². The minimum absolute atomic E-state index is 0.556. The number of anilines is 3. The van der Waals surface area contributed by atoms with Crippen LogP contribution in [0.3, 0.4) is 0 Å². The van der Waals surface area contributed by atoms with Gasteiger partial charge in [-0.05, 0) is 36.8 Å². The zero-order valence-corrected chi connectivity index (χ0v) is 10.7. The molecule has 0 unspecified atom stereocenters. The molecule has 0 aliphatic carbocycles. The second-order valence-electron chi connectivity index (χ2n) is 3.65. The van der Waals surface area contributed by atoms with Crippen LogP contribution in [0.15, 0.2) is 30.5 Å². The average Bonchev–Trinajstić information content (AvgIpc) is 2.29. The first-order valence-corrected chi connectivity index (χ1v) is 5.76. The van der Waals surface area contributed by atoms with Crippen LogP contribution in [-0.2, 0) is 0 Å². The molecule has 1 aromatic carbocycles. The lowest BCUT2D eigenvalue weighted by Crippen LogP contribution is -1.99. The van der Waals surface area contributed by atoms with Gasteiger partial charge in [0.15, 0.2) is 5.82 Å². The zero-order chi connectivity index (χ0) is 12.4. The van der Waals surface area contributed by atoms with E-state index in [9.17, 15) is 0 Å². The lowest BCUT2D eigenvalue weighted by atomic mass is 10.2. The highest BCUT2D eigenvalue weighted by molar-refractivity contribution is 6.35. The number of hydrogen-bond acceptors (Lipinski definition) is 3. The average molecular weight is 268 g/mol. The Hall–Kier alpha value is -1.45. The summed E-state index contributed by atoms with van der Waals surface area (Å²) >= 11 is 12.2. The SMILES string of the molecule is Cc1cc(Cl)c(Nc2ncccc2N)cc1Cl. The van der Waals surface area contributed by atoms with Gasteiger partial charge in [-0.3, -0.25) is 0 Å². The third-order valence-corrected chi connectivity index (χ3v) is 3.06. The molecule has 0 amide bonds. The summed E-state index contributed by atoms with van der Waals surface area (Å²) < 4.78 is 0. The Kier molecular flexibility index (Phi) is 3.41. The van der Waals surface area contributed by atoms with E-state index in [-0.39, 0.29) is 0 Å². The van der Waals surface area contributed by atoms with Crippen molar-refractivity contribution in [3.05, 3.63) is 46.1 Å². The second kappa shape index (κ2) is 4.82. The Labute approximate surface area is 110 Å². The van der Waals surface area contributed by atoms with E-state index < -0.39 is 0 Å². The number of pyridine rings is 1. The van der Waals surface area contributed by atoms with E-state index in [1.165, 1.54) is 0 Å². The van der Waals surface area contributed by atoms with Gasteiger partial charge in [-0.1, -0.05) is 23.2 Å². The van der Waals surface area contributed by atoms with Gasteiger partial charge in [-0.15, -0.1) is 0 Å². The van der Waals surface area contributed by atoms with Crippen LogP contribution in [0.25, 0.3) is 0 Å². The fourth-order valence-electron chi connectivity index (χ4n) is 1.39. The van der Waals surface area contributed by atoms with E-state index in [0.717, 1.165) is 5.56 Å². The van der Waals surface area contributed by atoms with Crippen LogP contribution >= 0.6 is 23.2 Å². The van der Waals surface area contributed by atoms with E-state index in [0.29, 0.717) is 27.2 Å². The molecule has 3 nitrogen and oxygen atoms in total. The number of nitrogens with zero attached hydrogens (tertiary/aromatic N) is 1. The van der Waals surface area contributed by atoms with Gasteiger partial charge in [0.05, 0.1) is 16.4 Å². The fourth-order valence-corrected chi connectivity index (χ4v) is 1.82. The second-order valence-corrected chi connectivity index (χ2v) is 4.46. The van der Waals surface area contributed by atoms with E-state index in [1.807, 2.05) is 6.92 Å². The minimum Gasteiger partial charge on any atom is -0.396 e. The van der Waals surface area contributed by atoms with Crippen molar-refractivity contribution in [2.24, 2.45) is 0 Å². The molecular formula is C12H11Cl2N3. The summed E-state index contributed by atoms with van der Waals surface area (Å²) in [5.74, 6) is 0.564. The molecule has 0 fully saturated rings. The van der Waals surface area contributed by atoms with Crippen molar-refractivity contribution in [1.82, 2.24) is 4.98 Å². The molecule has 0 atom stereocenters. The monoisotopic (exact) mass is 267 g/mol. The smallest absolute Gasteiger partial charge is 0.153 e. The van der Waals surface area contributed by atoms with Gasteiger partial charge in [-0.25, -0.2) is 4.98 Å². The molecule has 0 aliphatic heterocycles. The topological polar surface area (TPSA) is 50.9 Å². The lowest BCUT2D eigenvalue weighted by Gasteiger charge is -2.11. The van der Waals surface area contributed by atoms with Crippen LogP contribution in [0.4, 0.5) is 17.2 Å². The van der Waals surface area contributed by atoms with Crippen molar-refractivity contribution in [1.29, 1.82) is 0 Å². The number of aryl methyl sites for hydroxylation is 1. The number of nitrogens with two attached hydrogens (primary N) is 1. The van der Waals surface area contributed by atoms with Gasteiger partial charge in [0.1, 0.15) is 0 Å². The van der Waals surface area contributed by atoms with E-state index >= 15 is 0 Å². The lowest BCUT2D eigenvalue weighted by molar-refractivity contribution is 1.31. The summed E-state index contributed by atoms with van der Waals surface area (Å²) in [7, 11) is 0. The van der Waals surface area contributed by atoms with Crippen LogP contribution in [0.5, 0.6) is 0 Å². The highest BCUT2D eigenvalue weighted by atomic mass is 35.5.